The Morgan fingerprint density at radius 3 is 2.50 bits per heavy atom. The number of nitrogens with one attached hydrogen (secondary N) is 1. The summed E-state index contributed by atoms with van der Waals surface area (Å²) in [5, 5.41) is 32.2. The highest BCUT2D eigenvalue weighted by atomic mass is 16.7. The lowest BCUT2D eigenvalue weighted by molar-refractivity contribution is -0.142. The summed E-state index contributed by atoms with van der Waals surface area (Å²) in [6.45, 7) is 2.51. The lowest BCUT2D eigenvalue weighted by atomic mass is 9.94. The molecule has 2 aromatic carbocycles. The number of carbonyl (C=O) groups is 2. The van der Waals surface area contributed by atoms with Gasteiger partial charge in [-0.15, -0.1) is 5.10 Å². The summed E-state index contributed by atoms with van der Waals surface area (Å²) in [4.78, 5) is 26.1. The van der Waals surface area contributed by atoms with Crippen molar-refractivity contribution in [2.45, 2.75) is 25.5 Å². The van der Waals surface area contributed by atoms with Crippen LogP contribution in [0.2, 0.25) is 0 Å². The van der Waals surface area contributed by atoms with E-state index in [1.54, 1.807) is 0 Å². The number of aliphatic carboxylic acids is 2. The second-order valence-corrected chi connectivity index (χ2v) is 8.63. The number of fused-ring (bicyclic) bond motifs is 3. The highest BCUT2D eigenvalue weighted by Gasteiger charge is 2.50. The van der Waals surface area contributed by atoms with E-state index in [9.17, 15) is 9.59 Å². The van der Waals surface area contributed by atoms with Crippen molar-refractivity contribution in [2.24, 2.45) is 21.3 Å². The molecule has 1 saturated heterocycles. The van der Waals surface area contributed by atoms with Gasteiger partial charge in [-0.3, -0.25) is 4.79 Å². The Bertz CT molecular complexity index is 1320. The molecule has 0 aliphatic carbocycles. The second-order valence-electron chi connectivity index (χ2n) is 8.63. The number of nitrogens with zero attached hydrogens (tertiary/aromatic N) is 3. The molecule has 4 aliphatic rings. The third-order valence-corrected chi connectivity index (χ3v) is 6.20. The molecule has 12 nitrogen and oxygen atoms in total. The predicted molar refractivity (Wildman–Crippen MR) is 129 cm³/mol. The standard InChI is InChI=1S/C17H15N3O2.C7H8N2O5/c1-10-6-12-7-15-16(22-9-21-15)8-14(12)17(20-19-10)11-2-4-13(18)5-3-11;10-6(11)3-2-1-8-4(7(12)13)5(2)14-9-3/h2-5,7-8H,6,9,18H2,1H3;2,4-5,8H,1H2,(H,10,11)(H,12,13)/t;2-,4+,5+/m.1/s1. The van der Waals surface area contributed by atoms with Crippen molar-refractivity contribution in [1.82, 2.24) is 5.32 Å². The molecule has 0 aromatic heterocycles. The zero-order chi connectivity index (χ0) is 25.4. The fraction of sp³-hybridized carbons (Fsp3) is 0.292. The minimum atomic E-state index is -1.16. The Kier molecular flexibility index (Phi) is 6.02. The van der Waals surface area contributed by atoms with Gasteiger partial charge in [-0.25, -0.2) is 4.79 Å². The van der Waals surface area contributed by atoms with Gasteiger partial charge in [0.05, 0.1) is 5.92 Å². The van der Waals surface area contributed by atoms with E-state index in [1.165, 1.54) is 0 Å². The van der Waals surface area contributed by atoms with Crippen molar-refractivity contribution in [3.05, 3.63) is 53.1 Å². The van der Waals surface area contributed by atoms with Gasteiger partial charge in [0.2, 0.25) is 6.79 Å². The van der Waals surface area contributed by atoms with E-state index in [4.69, 9.17) is 30.3 Å². The number of hydrogen-bond donors (Lipinski definition) is 4. The van der Waals surface area contributed by atoms with Crippen molar-refractivity contribution >= 4 is 34.8 Å². The molecule has 0 radical (unpaired) electrons. The second kappa shape index (κ2) is 9.30. The summed E-state index contributed by atoms with van der Waals surface area (Å²) in [6, 6.07) is 10.8. The SMILES string of the molecule is CC1=NN=C(c2ccc(N)cc2)c2cc3c(cc2C1)OCO3.O=C(O)C1=NO[C@H]2[C@@H]1CN[C@@H]2C(=O)O. The number of carboxylic acid groups (broad SMARTS) is 2. The Labute approximate surface area is 205 Å². The molecular formula is C24H23N5O7. The van der Waals surface area contributed by atoms with Crippen LogP contribution in [-0.2, 0) is 20.8 Å². The number of carboxylic acids is 2. The number of nitrogens with two attached hydrogens (primary N) is 1. The summed E-state index contributed by atoms with van der Waals surface area (Å²) in [5.74, 6) is -1.15. The number of benzene rings is 2. The first kappa shape index (κ1) is 23.3. The Balaban J connectivity index is 0.000000165. The molecule has 0 bridgehead atoms. The van der Waals surface area contributed by atoms with E-state index in [-0.39, 0.29) is 19.0 Å². The monoisotopic (exact) mass is 493 g/mol. The van der Waals surface area contributed by atoms with Crippen LogP contribution in [0.15, 0.2) is 51.8 Å². The topological polar surface area (TPSA) is 177 Å². The fourth-order valence-electron chi connectivity index (χ4n) is 4.42. The summed E-state index contributed by atoms with van der Waals surface area (Å²) in [6.07, 6.45) is 0.0483. The molecule has 6 rings (SSSR count). The maximum atomic E-state index is 10.7. The fourth-order valence-corrected chi connectivity index (χ4v) is 4.42. The number of ether oxygens (including phenoxy) is 2. The van der Waals surface area contributed by atoms with Gasteiger partial charge in [0.15, 0.2) is 23.3 Å². The highest BCUT2D eigenvalue weighted by Crippen LogP contribution is 2.36. The number of hydrogen-bond acceptors (Lipinski definition) is 10. The highest BCUT2D eigenvalue weighted by molar-refractivity contribution is 6.37. The van der Waals surface area contributed by atoms with Crippen LogP contribution in [0, 0.1) is 5.92 Å². The molecular weight excluding hydrogens is 470 g/mol. The van der Waals surface area contributed by atoms with Crippen LogP contribution in [0.4, 0.5) is 5.69 Å². The van der Waals surface area contributed by atoms with Crippen molar-refractivity contribution in [3.63, 3.8) is 0 Å². The van der Waals surface area contributed by atoms with E-state index in [0.717, 1.165) is 51.7 Å². The molecule has 0 saturated carbocycles. The number of nitrogen functional groups attached to an aromatic ring is 1. The average molecular weight is 493 g/mol. The van der Waals surface area contributed by atoms with E-state index in [1.807, 2.05) is 43.3 Å². The Morgan fingerprint density at radius 2 is 1.81 bits per heavy atom. The first-order valence-corrected chi connectivity index (χ1v) is 11.1. The van der Waals surface area contributed by atoms with Crippen LogP contribution in [0.3, 0.4) is 0 Å². The van der Waals surface area contributed by atoms with E-state index >= 15 is 0 Å². The van der Waals surface area contributed by atoms with Crippen molar-refractivity contribution in [1.29, 1.82) is 0 Å². The number of oxime groups is 1. The largest absolute Gasteiger partial charge is 0.480 e. The molecule has 1 fully saturated rings. The van der Waals surface area contributed by atoms with E-state index in [2.05, 4.69) is 20.7 Å². The van der Waals surface area contributed by atoms with Gasteiger partial charge in [0.1, 0.15) is 11.8 Å². The zero-order valence-electron chi connectivity index (χ0n) is 19.2. The van der Waals surface area contributed by atoms with E-state index in [0.29, 0.717) is 0 Å². The quantitative estimate of drug-likeness (QED) is 0.458. The number of anilines is 1. The minimum Gasteiger partial charge on any atom is -0.480 e. The molecule has 2 aromatic rings. The molecule has 5 N–H and O–H groups in total. The van der Waals surface area contributed by atoms with Gasteiger partial charge >= 0.3 is 11.9 Å². The van der Waals surface area contributed by atoms with E-state index < -0.39 is 30.0 Å². The van der Waals surface area contributed by atoms with Gasteiger partial charge in [0, 0.05) is 35.5 Å². The van der Waals surface area contributed by atoms with Crippen LogP contribution in [0.25, 0.3) is 0 Å². The maximum Gasteiger partial charge on any atom is 0.354 e. The Morgan fingerprint density at radius 1 is 1.08 bits per heavy atom. The third kappa shape index (κ3) is 4.33. The molecule has 3 atom stereocenters. The van der Waals surface area contributed by atoms with Crippen molar-refractivity contribution < 1.29 is 34.1 Å². The first-order chi connectivity index (χ1) is 17.3. The molecule has 4 heterocycles. The molecule has 4 aliphatic heterocycles. The van der Waals surface area contributed by atoms with Gasteiger partial charge < -0.3 is 35.6 Å². The lowest BCUT2D eigenvalue weighted by Gasteiger charge is -2.11. The summed E-state index contributed by atoms with van der Waals surface area (Å²) >= 11 is 0. The normalized spacial score (nSPS) is 23.0. The number of rotatable bonds is 3. The first-order valence-electron chi connectivity index (χ1n) is 11.1. The molecule has 36 heavy (non-hydrogen) atoms. The smallest absolute Gasteiger partial charge is 0.354 e. The van der Waals surface area contributed by atoms with Gasteiger partial charge in [-0.05, 0) is 36.8 Å². The van der Waals surface area contributed by atoms with Crippen LogP contribution >= 0.6 is 0 Å². The molecule has 12 heteroatoms. The van der Waals surface area contributed by atoms with Crippen LogP contribution in [-0.4, -0.2) is 64.8 Å². The maximum absolute atomic E-state index is 10.7. The summed E-state index contributed by atoms with van der Waals surface area (Å²) < 4.78 is 11.0. The summed E-state index contributed by atoms with van der Waals surface area (Å²) in [5.41, 5.74) is 11.3. The van der Waals surface area contributed by atoms with Crippen LogP contribution in [0.5, 0.6) is 11.5 Å². The predicted octanol–water partition coefficient (Wildman–Crippen LogP) is 1.27. The van der Waals surface area contributed by atoms with Gasteiger partial charge in [-0.1, -0.05) is 17.3 Å². The Hall–Kier alpha value is -4.45. The van der Waals surface area contributed by atoms with Gasteiger partial charge in [-0.2, -0.15) is 5.10 Å². The molecule has 0 spiro atoms. The lowest BCUT2D eigenvalue weighted by Crippen LogP contribution is -2.39. The minimum absolute atomic E-state index is 0.105. The molecule has 186 valence electrons. The molecule has 0 amide bonds. The zero-order valence-corrected chi connectivity index (χ0v) is 19.2. The van der Waals surface area contributed by atoms with Crippen molar-refractivity contribution in [2.75, 3.05) is 19.1 Å². The third-order valence-electron chi connectivity index (χ3n) is 6.20. The van der Waals surface area contributed by atoms with Crippen LogP contribution in [0.1, 0.15) is 23.6 Å². The van der Waals surface area contributed by atoms with Crippen molar-refractivity contribution in [3.8, 4) is 11.5 Å². The van der Waals surface area contributed by atoms with Crippen LogP contribution < -0.4 is 20.5 Å². The average Bonchev–Trinajstić information content (AvgIpc) is 3.54. The molecule has 0 unspecified atom stereocenters. The van der Waals surface area contributed by atoms with Gasteiger partial charge in [0.25, 0.3) is 0 Å². The summed E-state index contributed by atoms with van der Waals surface area (Å²) in [7, 11) is 0.